The highest BCUT2D eigenvalue weighted by Gasteiger charge is 2.22. The van der Waals surface area contributed by atoms with Gasteiger partial charge in [0.05, 0.1) is 29.7 Å². The first-order valence-electron chi connectivity index (χ1n) is 11.8. The molecule has 0 unspecified atom stereocenters. The molecule has 1 heterocycles. The van der Waals surface area contributed by atoms with Crippen LogP contribution in [0.1, 0.15) is 55.0 Å². The Labute approximate surface area is 211 Å². The van der Waals surface area contributed by atoms with Gasteiger partial charge in [0.2, 0.25) is 5.91 Å². The first-order valence-corrected chi connectivity index (χ1v) is 11.8. The van der Waals surface area contributed by atoms with Gasteiger partial charge in [-0.2, -0.15) is 5.10 Å². The van der Waals surface area contributed by atoms with Crippen LogP contribution in [0.4, 0.5) is 5.69 Å². The third-order valence-electron chi connectivity index (χ3n) is 6.06. The van der Waals surface area contributed by atoms with E-state index in [2.05, 4.69) is 43.3 Å². The molecule has 0 spiro atoms. The maximum Gasteiger partial charge on any atom is 0.340 e. The van der Waals surface area contributed by atoms with Crippen molar-refractivity contribution in [3.8, 4) is 5.69 Å². The number of benzene rings is 3. The lowest BCUT2D eigenvalue weighted by Gasteiger charge is -2.21. The lowest BCUT2D eigenvalue weighted by Crippen LogP contribution is -2.18. The number of ether oxygens (including phenoxy) is 1. The van der Waals surface area contributed by atoms with Gasteiger partial charge >= 0.3 is 5.97 Å². The van der Waals surface area contributed by atoms with E-state index in [4.69, 9.17) is 4.74 Å². The van der Waals surface area contributed by atoms with Gasteiger partial charge in [0.25, 0.3) is 0 Å². The van der Waals surface area contributed by atoms with E-state index in [1.54, 1.807) is 12.1 Å². The van der Waals surface area contributed by atoms with E-state index in [-0.39, 0.29) is 16.9 Å². The summed E-state index contributed by atoms with van der Waals surface area (Å²) in [5.74, 6) is -0.868. The number of aromatic nitrogens is 2. The summed E-state index contributed by atoms with van der Waals surface area (Å²) in [6, 6.07) is 21.5. The largest absolute Gasteiger partial charge is 0.465 e. The van der Waals surface area contributed by atoms with Crippen molar-refractivity contribution in [1.82, 2.24) is 9.78 Å². The van der Waals surface area contributed by atoms with Gasteiger partial charge in [0.15, 0.2) is 0 Å². The van der Waals surface area contributed by atoms with Gasteiger partial charge in [-0.15, -0.1) is 0 Å². The monoisotopic (exact) mass is 481 g/mol. The lowest BCUT2D eigenvalue weighted by molar-refractivity contribution is -0.111. The number of esters is 1. The molecule has 0 aliphatic rings. The van der Waals surface area contributed by atoms with Crippen molar-refractivity contribution in [1.29, 1.82) is 0 Å². The van der Waals surface area contributed by atoms with Crippen LogP contribution in [-0.4, -0.2) is 28.8 Å². The molecule has 1 N–H and O–H groups in total. The third-order valence-corrected chi connectivity index (χ3v) is 6.06. The number of anilines is 1. The molecule has 0 fully saturated rings. The zero-order valence-electron chi connectivity index (χ0n) is 21.5. The zero-order valence-corrected chi connectivity index (χ0v) is 21.5. The number of amides is 1. The summed E-state index contributed by atoms with van der Waals surface area (Å²) >= 11 is 0. The van der Waals surface area contributed by atoms with Gasteiger partial charge in [0, 0.05) is 17.2 Å². The second kappa shape index (κ2) is 9.82. The number of aryl methyl sites for hydroxylation is 1. The summed E-state index contributed by atoms with van der Waals surface area (Å²) in [6.07, 6.45) is 1.54. The van der Waals surface area contributed by atoms with Gasteiger partial charge in [-0.25, -0.2) is 9.48 Å². The summed E-state index contributed by atoms with van der Waals surface area (Å²) in [5.41, 5.74) is 4.87. The summed E-state index contributed by atoms with van der Waals surface area (Å²) in [7, 11) is 1.32. The number of nitrogens with one attached hydrogen (secondary N) is 1. The maximum absolute atomic E-state index is 12.9. The molecular formula is C30H31N3O3. The van der Waals surface area contributed by atoms with Gasteiger partial charge in [-0.3, -0.25) is 4.79 Å². The van der Waals surface area contributed by atoms with Gasteiger partial charge in [-0.05, 0) is 66.1 Å². The summed E-state index contributed by atoms with van der Waals surface area (Å²) in [6.45, 7) is 10.2. The average molecular weight is 482 g/mol. The molecule has 0 aliphatic carbocycles. The minimum absolute atomic E-state index is 0.148. The number of rotatable bonds is 5. The maximum atomic E-state index is 12.9. The number of carbonyl (C=O) groups is 2. The van der Waals surface area contributed by atoms with Gasteiger partial charge in [0.1, 0.15) is 0 Å². The number of carbonyl (C=O) groups excluding carboxylic acids is 2. The molecule has 1 amide bonds. The van der Waals surface area contributed by atoms with Crippen LogP contribution in [0.25, 0.3) is 22.0 Å². The smallest absolute Gasteiger partial charge is 0.340 e. The second-order valence-corrected chi connectivity index (χ2v) is 9.93. The van der Waals surface area contributed by atoms with Crippen molar-refractivity contribution in [2.24, 2.45) is 0 Å². The van der Waals surface area contributed by atoms with Crippen molar-refractivity contribution in [3.63, 3.8) is 0 Å². The molecule has 4 aromatic rings. The average Bonchev–Trinajstić information content (AvgIpc) is 3.25. The molecule has 1 aromatic heterocycles. The number of hydrogen-bond donors (Lipinski definition) is 1. The molecular weight excluding hydrogens is 450 g/mol. The fraction of sp³-hybridized carbons (Fsp3) is 0.233. The van der Waals surface area contributed by atoms with E-state index in [9.17, 15) is 9.59 Å². The molecule has 0 saturated heterocycles. The second-order valence-electron chi connectivity index (χ2n) is 9.93. The molecule has 36 heavy (non-hydrogen) atoms. The van der Waals surface area contributed by atoms with E-state index in [0.717, 1.165) is 33.3 Å². The number of fused-ring (bicyclic) bond motifs is 1. The number of hydrogen-bond acceptors (Lipinski definition) is 4. The predicted octanol–water partition coefficient (Wildman–Crippen LogP) is 6.46. The number of nitrogens with zero attached hydrogens (tertiary/aromatic N) is 2. The summed E-state index contributed by atoms with van der Waals surface area (Å²) in [5, 5.41) is 9.72. The molecule has 0 radical (unpaired) electrons. The van der Waals surface area contributed by atoms with Crippen molar-refractivity contribution in [2.75, 3.05) is 12.4 Å². The molecule has 184 valence electrons. The first kappa shape index (κ1) is 24.9. The Morgan fingerprint density at radius 1 is 0.972 bits per heavy atom. The Kier molecular flexibility index (Phi) is 6.80. The van der Waals surface area contributed by atoms with Crippen LogP contribution in [-0.2, 0) is 14.9 Å². The molecule has 0 saturated carbocycles. The van der Waals surface area contributed by atoms with E-state index >= 15 is 0 Å². The Morgan fingerprint density at radius 2 is 1.69 bits per heavy atom. The molecule has 4 rings (SSSR count). The Hall–Kier alpha value is -4.19. The quantitative estimate of drug-likeness (QED) is 0.262. The number of allylic oxidation sites excluding steroid dienone is 1. The Balaban J connectivity index is 1.65. The lowest BCUT2D eigenvalue weighted by atomic mass is 9.91. The third kappa shape index (κ3) is 5.23. The highest BCUT2D eigenvalue weighted by atomic mass is 16.5. The first-order chi connectivity index (χ1) is 17.1. The van der Waals surface area contributed by atoms with Crippen molar-refractivity contribution < 1.29 is 14.3 Å². The molecule has 3 aromatic carbocycles. The molecule has 6 nitrogen and oxygen atoms in total. The highest BCUT2D eigenvalue weighted by Crippen LogP contribution is 2.28. The summed E-state index contributed by atoms with van der Waals surface area (Å²) in [4.78, 5) is 25.5. The van der Waals surface area contributed by atoms with Crippen LogP contribution in [0.15, 0.2) is 72.8 Å². The van der Waals surface area contributed by atoms with Crippen LogP contribution in [0.5, 0.6) is 0 Å². The van der Waals surface area contributed by atoms with Gasteiger partial charge in [-0.1, -0.05) is 57.2 Å². The predicted molar refractivity (Wildman–Crippen MR) is 145 cm³/mol. The fourth-order valence-electron chi connectivity index (χ4n) is 4.17. The Morgan fingerprint density at radius 3 is 2.39 bits per heavy atom. The van der Waals surface area contributed by atoms with Crippen LogP contribution in [0, 0.1) is 6.92 Å². The van der Waals surface area contributed by atoms with Gasteiger partial charge < -0.3 is 10.1 Å². The molecule has 0 aliphatic heterocycles. The van der Waals surface area contributed by atoms with Crippen LogP contribution in [0.3, 0.4) is 0 Å². The summed E-state index contributed by atoms with van der Waals surface area (Å²) < 4.78 is 6.84. The normalized spacial score (nSPS) is 12.0. The van der Waals surface area contributed by atoms with Crippen LogP contribution in [0.2, 0.25) is 0 Å². The molecule has 0 bridgehead atoms. The van der Waals surface area contributed by atoms with Crippen molar-refractivity contribution >= 4 is 33.9 Å². The van der Waals surface area contributed by atoms with E-state index in [0.29, 0.717) is 11.4 Å². The zero-order chi connectivity index (χ0) is 26.0. The van der Waals surface area contributed by atoms with E-state index in [1.165, 1.54) is 13.2 Å². The van der Waals surface area contributed by atoms with Crippen LogP contribution < -0.4 is 5.32 Å². The molecule has 0 atom stereocenters. The van der Waals surface area contributed by atoms with Crippen LogP contribution >= 0.6 is 0 Å². The minimum atomic E-state index is -0.538. The van der Waals surface area contributed by atoms with E-state index in [1.807, 2.05) is 61.0 Å². The SMILES string of the molecule is COC(=O)c1cc(-n2nc(C)cc2C(C)(C)C)ccc1NC(=O)/C=C(/C)c1ccc2ccccc2c1. The topological polar surface area (TPSA) is 73.2 Å². The van der Waals surface area contributed by atoms with E-state index < -0.39 is 5.97 Å². The number of methoxy groups -OCH3 is 1. The highest BCUT2D eigenvalue weighted by molar-refractivity contribution is 6.08. The van der Waals surface area contributed by atoms with Crippen molar-refractivity contribution in [2.45, 2.75) is 40.0 Å². The van der Waals surface area contributed by atoms with Crippen molar-refractivity contribution in [3.05, 3.63) is 95.3 Å². The minimum Gasteiger partial charge on any atom is -0.465 e. The Bertz CT molecular complexity index is 1490. The standard InChI is InChI=1S/C30H31N3O3/c1-19(22-12-11-21-9-7-8-10-23(21)17-22)15-28(34)31-26-14-13-24(18-25(26)29(35)36-6)33-27(30(3,4)5)16-20(2)32-33/h7-18H,1-6H3,(H,31,34)/b19-15-. The fourth-order valence-corrected chi connectivity index (χ4v) is 4.17. The molecule has 6 heteroatoms.